The van der Waals surface area contributed by atoms with Gasteiger partial charge in [0.05, 0.1) is 37.1 Å². The van der Waals surface area contributed by atoms with E-state index in [-0.39, 0.29) is 46.7 Å². The molecule has 7 N–H and O–H groups in total. The number of carboxylic acids is 1. The molecular formula is C22H22BrClFN5O6. The second kappa shape index (κ2) is 11.9. The number of rotatable bonds is 8. The number of aliphatic carboxylic acids is 1. The Kier molecular flexibility index (Phi) is 8.93. The van der Waals surface area contributed by atoms with Gasteiger partial charge in [0.25, 0.3) is 5.91 Å². The fourth-order valence-electron chi connectivity index (χ4n) is 3.33. The van der Waals surface area contributed by atoms with Crippen LogP contribution >= 0.6 is 27.5 Å². The number of benzene rings is 2. The molecule has 2 amide bonds. The first-order chi connectivity index (χ1) is 17.0. The summed E-state index contributed by atoms with van der Waals surface area (Å²) < 4.78 is 13.7. The minimum atomic E-state index is -1.24. The highest BCUT2D eigenvalue weighted by molar-refractivity contribution is 9.10. The maximum absolute atomic E-state index is 13.2. The molecule has 3 rings (SSSR count). The molecule has 1 unspecified atom stereocenters. The van der Waals surface area contributed by atoms with Crippen LogP contribution in [0, 0.1) is 0 Å². The molecule has 0 aromatic heterocycles. The summed E-state index contributed by atoms with van der Waals surface area (Å²) >= 11 is 9.15. The van der Waals surface area contributed by atoms with Gasteiger partial charge in [-0.05, 0) is 24.3 Å². The van der Waals surface area contributed by atoms with Gasteiger partial charge in [0.2, 0.25) is 5.91 Å². The SMILES string of the molecule is O=C(O)C[C@@H](NC(=O)CNC(=O)c1cc(O)cc(NC2=NCC(F)CN2)c1)c1cc(Br)cc(Cl)c1O. The lowest BCUT2D eigenvalue weighted by Crippen LogP contribution is -2.41. The smallest absolute Gasteiger partial charge is 0.305 e. The Morgan fingerprint density at radius 2 is 1.97 bits per heavy atom. The third-order valence-corrected chi connectivity index (χ3v) is 5.68. The average Bonchev–Trinajstić information content (AvgIpc) is 2.80. The highest BCUT2D eigenvalue weighted by Crippen LogP contribution is 2.36. The van der Waals surface area contributed by atoms with Crippen LogP contribution in [0.3, 0.4) is 0 Å². The summed E-state index contributed by atoms with van der Waals surface area (Å²) in [5, 5.41) is 39.8. The van der Waals surface area contributed by atoms with Gasteiger partial charge in [-0.3, -0.25) is 14.4 Å². The van der Waals surface area contributed by atoms with Crippen molar-refractivity contribution in [3.05, 3.63) is 51.0 Å². The summed E-state index contributed by atoms with van der Waals surface area (Å²) in [6.45, 7) is -0.481. The molecule has 0 fully saturated rings. The molecular weight excluding hydrogens is 565 g/mol. The number of nitrogens with one attached hydrogen (secondary N) is 4. The first-order valence-electron chi connectivity index (χ1n) is 10.5. The summed E-state index contributed by atoms with van der Waals surface area (Å²) in [7, 11) is 0. The van der Waals surface area contributed by atoms with E-state index < -0.39 is 43.0 Å². The number of phenols is 2. The van der Waals surface area contributed by atoms with Gasteiger partial charge in [0.1, 0.15) is 17.7 Å². The number of guanidine groups is 1. The van der Waals surface area contributed by atoms with Gasteiger partial charge >= 0.3 is 5.97 Å². The Morgan fingerprint density at radius 3 is 2.64 bits per heavy atom. The van der Waals surface area contributed by atoms with Gasteiger partial charge in [0, 0.05) is 27.4 Å². The Hall–Kier alpha value is -3.58. The molecule has 0 aliphatic carbocycles. The van der Waals surface area contributed by atoms with Crippen LogP contribution in [0.25, 0.3) is 0 Å². The lowest BCUT2D eigenvalue weighted by atomic mass is 10.0. The quantitative estimate of drug-likeness (QED) is 0.247. The van der Waals surface area contributed by atoms with Gasteiger partial charge in [-0.2, -0.15) is 0 Å². The fourth-order valence-corrected chi connectivity index (χ4v) is 4.16. The molecule has 0 bridgehead atoms. The van der Waals surface area contributed by atoms with Crippen LogP contribution in [0.5, 0.6) is 11.5 Å². The van der Waals surface area contributed by atoms with Crippen molar-refractivity contribution in [3.8, 4) is 11.5 Å². The third-order valence-electron chi connectivity index (χ3n) is 4.94. The van der Waals surface area contributed by atoms with Crippen molar-refractivity contribution < 1.29 is 34.1 Å². The molecule has 14 heteroatoms. The first kappa shape index (κ1) is 27.0. The maximum atomic E-state index is 13.2. The standard InChI is InChI=1S/C22H22BrClFN5O6/c23-11-3-15(20(35)16(24)4-11)17(6-19(33)34)30-18(32)9-26-21(36)10-1-13(5-14(31)2-10)29-22-27-7-12(25)8-28-22/h1-5,12,17,31,35H,6-9H2,(H,26,36)(H,30,32)(H,33,34)(H2,27,28,29)/t17-/m1/s1. The Morgan fingerprint density at radius 1 is 1.22 bits per heavy atom. The Labute approximate surface area is 217 Å². The summed E-state index contributed by atoms with van der Waals surface area (Å²) in [6, 6.07) is 5.61. The van der Waals surface area contributed by atoms with Crippen molar-refractivity contribution in [2.24, 2.45) is 4.99 Å². The van der Waals surface area contributed by atoms with E-state index in [1.165, 1.54) is 30.3 Å². The number of nitrogens with zero attached hydrogens (tertiary/aromatic N) is 1. The highest BCUT2D eigenvalue weighted by atomic mass is 79.9. The van der Waals surface area contributed by atoms with Gasteiger partial charge in [0.15, 0.2) is 5.96 Å². The van der Waals surface area contributed by atoms with E-state index in [4.69, 9.17) is 11.6 Å². The van der Waals surface area contributed by atoms with E-state index in [2.05, 4.69) is 42.2 Å². The van der Waals surface area contributed by atoms with Crippen LogP contribution in [0.2, 0.25) is 5.02 Å². The molecule has 11 nitrogen and oxygen atoms in total. The second-order valence-electron chi connectivity index (χ2n) is 7.79. The molecule has 2 aromatic rings. The molecule has 2 atom stereocenters. The Balaban J connectivity index is 1.66. The largest absolute Gasteiger partial charge is 0.508 e. The van der Waals surface area contributed by atoms with E-state index in [9.17, 15) is 34.1 Å². The summed E-state index contributed by atoms with van der Waals surface area (Å²) in [4.78, 5) is 40.4. The van der Waals surface area contributed by atoms with Crippen LogP contribution in [0.4, 0.5) is 10.1 Å². The maximum Gasteiger partial charge on any atom is 0.305 e. The predicted octanol–water partition coefficient (Wildman–Crippen LogP) is 2.28. The van der Waals surface area contributed by atoms with Crippen LogP contribution in [0.1, 0.15) is 28.4 Å². The number of hydrogen-bond donors (Lipinski definition) is 7. The Bertz CT molecular complexity index is 1210. The predicted molar refractivity (Wildman–Crippen MR) is 133 cm³/mol. The zero-order chi connectivity index (χ0) is 26.4. The number of anilines is 1. The fraction of sp³-hybridized carbons (Fsp3) is 0.273. The number of hydrogen-bond acceptors (Lipinski definition) is 8. The molecule has 192 valence electrons. The molecule has 0 radical (unpaired) electrons. The highest BCUT2D eigenvalue weighted by Gasteiger charge is 2.23. The average molecular weight is 587 g/mol. The third kappa shape index (κ3) is 7.46. The minimum Gasteiger partial charge on any atom is -0.508 e. The minimum absolute atomic E-state index is 0.0172. The zero-order valence-corrected chi connectivity index (χ0v) is 20.9. The molecule has 36 heavy (non-hydrogen) atoms. The molecule has 2 aromatic carbocycles. The topological polar surface area (TPSA) is 172 Å². The molecule has 1 aliphatic heterocycles. The molecule has 1 aliphatic rings. The molecule has 0 saturated carbocycles. The van der Waals surface area contributed by atoms with E-state index in [1.807, 2.05) is 0 Å². The van der Waals surface area contributed by atoms with Crippen molar-refractivity contribution in [1.29, 1.82) is 0 Å². The van der Waals surface area contributed by atoms with Gasteiger partial charge in [-0.15, -0.1) is 0 Å². The van der Waals surface area contributed by atoms with Crippen molar-refractivity contribution >= 4 is 57.0 Å². The van der Waals surface area contributed by atoms with Gasteiger partial charge in [-0.1, -0.05) is 27.5 Å². The number of phenolic OH excluding ortho intramolecular Hbond substituents is 2. The van der Waals surface area contributed by atoms with Crippen LogP contribution in [-0.4, -0.2) is 64.9 Å². The van der Waals surface area contributed by atoms with E-state index in [1.54, 1.807) is 0 Å². The second-order valence-corrected chi connectivity index (χ2v) is 9.11. The van der Waals surface area contributed by atoms with Gasteiger partial charge < -0.3 is 36.6 Å². The molecule has 0 saturated heterocycles. The first-order valence-corrected chi connectivity index (χ1v) is 11.7. The number of carbonyl (C=O) groups excluding carboxylic acids is 2. The van der Waals surface area contributed by atoms with Crippen LogP contribution < -0.4 is 21.3 Å². The summed E-state index contributed by atoms with van der Waals surface area (Å²) in [5.41, 5.74) is 0.402. The van der Waals surface area contributed by atoms with Crippen LogP contribution in [0.15, 0.2) is 39.8 Å². The number of carboxylic acid groups (broad SMARTS) is 1. The lowest BCUT2D eigenvalue weighted by molar-refractivity contribution is -0.137. The normalized spacial score (nSPS) is 15.8. The van der Waals surface area contributed by atoms with Crippen LogP contribution in [-0.2, 0) is 9.59 Å². The number of aliphatic imine (C=N–C) groups is 1. The van der Waals surface area contributed by atoms with Crippen molar-refractivity contribution in [2.75, 3.05) is 25.0 Å². The van der Waals surface area contributed by atoms with Crippen molar-refractivity contribution in [2.45, 2.75) is 18.6 Å². The van der Waals surface area contributed by atoms with Crippen molar-refractivity contribution in [1.82, 2.24) is 16.0 Å². The van der Waals surface area contributed by atoms with Gasteiger partial charge in [-0.25, -0.2) is 9.38 Å². The zero-order valence-electron chi connectivity index (χ0n) is 18.5. The number of alkyl halides is 1. The molecule has 1 heterocycles. The summed E-state index contributed by atoms with van der Waals surface area (Å²) in [5.74, 6) is -3.01. The molecule has 0 spiro atoms. The van der Waals surface area contributed by atoms with E-state index in [0.29, 0.717) is 10.2 Å². The van der Waals surface area contributed by atoms with E-state index in [0.717, 1.165) is 0 Å². The number of halogens is 3. The number of carbonyl (C=O) groups is 3. The summed E-state index contributed by atoms with van der Waals surface area (Å²) in [6.07, 6.45) is -1.66. The number of aromatic hydroxyl groups is 2. The monoisotopic (exact) mass is 585 g/mol. The van der Waals surface area contributed by atoms with E-state index >= 15 is 0 Å². The van der Waals surface area contributed by atoms with Crippen molar-refractivity contribution in [3.63, 3.8) is 0 Å². The lowest BCUT2D eigenvalue weighted by Gasteiger charge is -2.20. The number of amides is 2.